The zero-order valence-corrected chi connectivity index (χ0v) is 18.3. The Balaban J connectivity index is 0.00000312. The predicted molar refractivity (Wildman–Crippen MR) is 114 cm³/mol. The van der Waals surface area contributed by atoms with Gasteiger partial charge in [-0.1, -0.05) is 26.0 Å². The fourth-order valence-electron chi connectivity index (χ4n) is 2.92. The minimum atomic E-state index is -0.0802. The molecule has 1 saturated heterocycles. The Bertz CT molecular complexity index is 552. The molecule has 1 unspecified atom stereocenters. The van der Waals surface area contributed by atoms with Crippen molar-refractivity contribution in [2.24, 2.45) is 4.99 Å². The molecule has 142 valence electrons. The lowest BCUT2D eigenvalue weighted by molar-refractivity contribution is 0.0242. The molecule has 0 amide bonds. The van der Waals surface area contributed by atoms with Crippen LogP contribution in [0.1, 0.15) is 39.2 Å². The molecule has 1 aromatic carbocycles. The minimum Gasteiger partial charge on any atom is -0.497 e. The van der Waals surface area contributed by atoms with E-state index in [0.717, 1.165) is 44.2 Å². The number of aliphatic imine (C=N–C) groups is 1. The molecule has 0 bridgehead atoms. The van der Waals surface area contributed by atoms with Gasteiger partial charge in [0.15, 0.2) is 5.96 Å². The molecule has 0 aliphatic carbocycles. The third-order valence-electron chi connectivity index (χ3n) is 4.72. The van der Waals surface area contributed by atoms with Crippen LogP contribution >= 0.6 is 24.0 Å². The predicted octanol–water partition coefficient (Wildman–Crippen LogP) is 3.32. The first-order chi connectivity index (χ1) is 11.4. The summed E-state index contributed by atoms with van der Waals surface area (Å²) in [5.74, 6) is 1.69. The molecule has 1 aromatic rings. The number of ether oxygens (including phenoxy) is 2. The van der Waals surface area contributed by atoms with Gasteiger partial charge in [0.2, 0.25) is 0 Å². The van der Waals surface area contributed by atoms with Crippen molar-refractivity contribution in [3.05, 3.63) is 29.8 Å². The molecule has 0 saturated carbocycles. The Hall–Kier alpha value is -1.02. The quantitative estimate of drug-likeness (QED) is 0.388. The van der Waals surface area contributed by atoms with Crippen molar-refractivity contribution in [2.75, 3.05) is 33.9 Å². The maximum absolute atomic E-state index is 5.81. The van der Waals surface area contributed by atoms with Crippen LogP contribution in [-0.2, 0) is 10.2 Å². The Morgan fingerprint density at radius 3 is 2.48 bits per heavy atom. The van der Waals surface area contributed by atoms with Crippen molar-refractivity contribution >= 4 is 29.9 Å². The molecule has 0 spiro atoms. The summed E-state index contributed by atoms with van der Waals surface area (Å²) in [5.41, 5.74) is 1.16. The summed E-state index contributed by atoms with van der Waals surface area (Å²) in [6.07, 6.45) is 2.23. The summed E-state index contributed by atoms with van der Waals surface area (Å²) in [7, 11) is 3.49. The van der Waals surface area contributed by atoms with Crippen LogP contribution in [0.25, 0.3) is 0 Å². The summed E-state index contributed by atoms with van der Waals surface area (Å²) in [4.78, 5) is 4.32. The third kappa shape index (κ3) is 6.33. The zero-order valence-electron chi connectivity index (χ0n) is 16.0. The van der Waals surface area contributed by atoms with Gasteiger partial charge in [-0.25, -0.2) is 0 Å². The van der Waals surface area contributed by atoms with Crippen LogP contribution in [0, 0.1) is 0 Å². The first-order valence-corrected chi connectivity index (χ1v) is 8.62. The largest absolute Gasteiger partial charge is 0.497 e. The van der Waals surface area contributed by atoms with E-state index in [2.05, 4.69) is 48.5 Å². The highest BCUT2D eigenvalue weighted by atomic mass is 127. The smallest absolute Gasteiger partial charge is 0.191 e. The highest BCUT2D eigenvalue weighted by molar-refractivity contribution is 14.0. The number of hydrogen-bond acceptors (Lipinski definition) is 3. The average Bonchev–Trinajstić information content (AvgIpc) is 3.02. The third-order valence-corrected chi connectivity index (χ3v) is 4.72. The molecular weight excluding hydrogens is 429 g/mol. The number of methoxy groups -OCH3 is 1. The molecule has 1 fully saturated rings. The topological polar surface area (TPSA) is 54.9 Å². The van der Waals surface area contributed by atoms with Crippen LogP contribution < -0.4 is 15.4 Å². The van der Waals surface area contributed by atoms with Crippen LogP contribution in [0.2, 0.25) is 0 Å². The van der Waals surface area contributed by atoms with E-state index in [9.17, 15) is 0 Å². The maximum Gasteiger partial charge on any atom is 0.191 e. The van der Waals surface area contributed by atoms with Gasteiger partial charge in [-0.15, -0.1) is 24.0 Å². The highest BCUT2D eigenvalue weighted by Crippen LogP contribution is 2.25. The Labute approximate surface area is 169 Å². The van der Waals surface area contributed by atoms with Crippen molar-refractivity contribution < 1.29 is 9.47 Å². The number of nitrogens with one attached hydrogen (secondary N) is 2. The monoisotopic (exact) mass is 461 g/mol. The standard InChI is InChI=1S/C19H31N3O2.HI/c1-18(2,15-7-9-16(23-5)10-8-15)13-21-17(20-4)22-14-19(3)11-6-12-24-19;/h7-10H,6,11-14H2,1-5H3,(H2,20,21,22);1H. The van der Waals surface area contributed by atoms with Gasteiger partial charge in [-0.2, -0.15) is 0 Å². The fourth-order valence-corrected chi connectivity index (χ4v) is 2.92. The van der Waals surface area contributed by atoms with Gasteiger partial charge in [0.25, 0.3) is 0 Å². The molecule has 1 heterocycles. The van der Waals surface area contributed by atoms with Gasteiger partial charge in [0.05, 0.1) is 12.7 Å². The van der Waals surface area contributed by atoms with E-state index in [1.54, 1.807) is 14.2 Å². The summed E-state index contributed by atoms with van der Waals surface area (Å²) >= 11 is 0. The highest BCUT2D eigenvalue weighted by Gasteiger charge is 2.30. The maximum atomic E-state index is 5.81. The van der Waals surface area contributed by atoms with Crippen LogP contribution in [0.4, 0.5) is 0 Å². The summed E-state index contributed by atoms with van der Waals surface area (Å²) in [6, 6.07) is 8.24. The van der Waals surface area contributed by atoms with Crippen molar-refractivity contribution in [3.8, 4) is 5.75 Å². The van der Waals surface area contributed by atoms with E-state index >= 15 is 0 Å². The molecule has 1 aliphatic rings. The number of halogens is 1. The zero-order chi connectivity index (χ0) is 17.6. The SMILES string of the molecule is CN=C(NCC1(C)CCCO1)NCC(C)(C)c1ccc(OC)cc1.I. The molecular formula is C19H32IN3O2. The molecule has 6 heteroatoms. The Morgan fingerprint density at radius 1 is 1.28 bits per heavy atom. The van der Waals surface area contributed by atoms with Gasteiger partial charge in [-0.3, -0.25) is 4.99 Å². The molecule has 1 atom stereocenters. The van der Waals surface area contributed by atoms with E-state index in [1.807, 2.05) is 12.1 Å². The number of rotatable bonds is 6. The molecule has 0 aromatic heterocycles. The second kappa shape index (κ2) is 9.62. The molecule has 0 radical (unpaired) electrons. The van der Waals surface area contributed by atoms with Crippen LogP contribution in [0.15, 0.2) is 29.3 Å². The first kappa shape index (κ1) is 22.0. The fraction of sp³-hybridized carbons (Fsp3) is 0.632. The summed E-state index contributed by atoms with van der Waals surface area (Å²) in [6.45, 7) is 9.01. The molecule has 1 aliphatic heterocycles. The minimum absolute atomic E-state index is 0. The van der Waals surface area contributed by atoms with Crippen LogP contribution in [0.3, 0.4) is 0 Å². The first-order valence-electron chi connectivity index (χ1n) is 8.62. The lowest BCUT2D eigenvalue weighted by Crippen LogP contribution is -2.48. The van der Waals surface area contributed by atoms with Crippen molar-refractivity contribution in [3.63, 3.8) is 0 Å². The second-order valence-corrected chi connectivity index (χ2v) is 7.29. The second-order valence-electron chi connectivity index (χ2n) is 7.29. The molecule has 5 nitrogen and oxygen atoms in total. The van der Waals surface area contributed by atoms with Gasteiger partial charge in [0, 0.05) is 32.2 Å². The summed E-state index contributed by atoms with van der Waals surface area (Å²) < 4.78 is 11.0. The van der Waals surface area contributed by atoms with Gasteiger partial charge in [0.1, 0.15) is 5.75 Å². The summed E-state index contributed by atoms with van der Waals surface area (Å²) in [5, 5.41) is 6.82. The number of hydrogen-bond donors (Lipinski definition) is 2. The lowest BCUT2D eigenvalue weighted by atomic mass is 9.84. The number of nitrogens with zero attached hydrogens (tertiary/aromatic N) is 1. The normalized spacial score (nSPS) is 20.8. The number of guanidine groups is 1. The van der Waals surface area contributed by atoms with Gasteiger partial charge < -0.3 is 20.1 Å². The van der Waals surface area contributed by atoms with Gasteiger partial charge >= 0.3 is 0 Å². The van der Waals surface area contributed by atoms with Gasteiger partial charge in [-0.05, 0) is 37.5 Å². The lowest BCUT2D eigenvalue weighted by Gasteiger charge is -2.28. The number of benzene rings is 1. The van der Waals surface area contributed by atoms with E-state index in [-0.39, 0.29) is 35.0 Å². The molecule has 2 N–H and O–H groups in total. The molecule has 2 rings (SSSR count). The van der Waals surface area contributed by atoms with Crippen LogP contribution in [0.5, 0.6) is 5.75 Å². The van der Waals surface area contributed by atoms with E-state index in [4.69, 9.17) is 9.47 Å². The Morgan fingerprint density at radius 2 is 1.96 bits per heavy atom. The van der Waals surface area contributed by atoms with E-state index in [1.165, 1.54) is 5.56 Å². The average molecular weight is 461 g/mol. The van der Waals surface area contributed by atoms with E-state index in [0.29, 0.717) is 0 Å². The Kier molecular flexibility index (Phi) is 8.47. The van der Waals surface area contributed by atoms with Crippen LogP contribution in [-0.4, -0.2) is 45.4 Å². The van der Waals surface area contributed by atoms with Crippen molar-refractivity contribution in [1.82, 2.24) is 10.6 Å². The van der Waals surface area contributed by atoms with Crippen molar-refractivity contribution in [2.45, 2.75) is 44.6 Å². The van der Waals surface area contributed by atoms with E-state index < -0.39 is 0 Å². The molecule has 25 heavy (non-hydrogen) atoms. The van der Waals surface area contributed by atoms with Crippen molar-refractivity contribution in [1.29, 1.82) is 0 Å².